The molecule has 0 spiro atoms. The summed E-state index contributed by atoms with van der Waals surface area (Å²) in [5.74, 6) is -0.854. The van der Waals surface area contributed by atoms with Crippen LogP contribution in [0.15, 0.2) is 54.6 Å². The van der Waals surface area contributed by atoms with Gasteiger partial charge in [-0.15, -0.1) is 0 Å². The van der Waals surface area contributed by atoms with Gasteiger partial charge < -0.3 is 20.9 Å². The summed E-state index contributed by atoms with van der Waals surface area (Å²) in [6.45, 7) is 2.84. The van der Waals surface area contributed by atoms with Gasteiger partial charge in [0.2, 0.25) is 11.8 Å². The molecule has 2 amide bonds. The molecule has 3 N–H and O–H groups in total. The maximum atomic E-state index is 13.1. The number of hydrogen-bond donors (Lipinski definition) is 3. The van der Waals surface area contributed by atoms with E-state index in [1.54, 1.807) is 12.1 Å². The van der Waals surface area contributed by atoms with Crippen molar-refractivity contribution < 1.29 is 14.0 Å². The molecule has 1 heterocycles. The molecule has 2 aromatic rings. The fourth-order valence-corrected chi connectivity index (χ4v) is 3.86. The highest BCUT2D eigenvalue weighted by Crippen LogP contribution is 2.14. The molecule has 0 radical (unpaired) electrons. The highest BCUT2D eigenvalue weighted by atomic mass is 32.1. The van der Waals surface area contributed by atoms with Crippen molar-refractivity contribution >= 4 is 34.8 Å². The first kappa shape index (κ1) is 22.7. The summed E-state index contributed by atoms with van der Waals surface area (Å²) in [4.78, 5) is 26.5. The number of hydrogen-bond acceptors (Lipinski definition) is 3. The Morgan fingerprint density at radius 2 is 1.74 bits per heavy atom. The number of carbonyl (C=O) groups is 2. The maximum Gasteiger partial charge on any atom is 0.243 e. The van der Waals surface area contributed by atoms with Crippen LogP contribution in [0.3, 0.4) is 0 Å². The van der Waals surface area contributed by atoms with Crippen molar-refractivity contribution in [3.63, 3.8) is 0 Å². The number of likely N-dealkylation sites (tertiary alicyclic amines) is 1. The predicted octanol–water partition coefficient (Wildman–Crippen LogP) is 2.85. The highest BCUT2D eigenvalue weighted by molar-refractivity contribution is 7.80. The van der Waals surface area contributed by atoms with Gasteiger partial charge >= 0.3 is 0 Å². The van der Waals surface area contributed by atoms with Crippen molar-refractivity contribution in [1.82, 2.24) is 15.5 Å². The Hall–Kier alpha value is -3.00. The molecule has 2 aromatic carbocycles. The van der Waals surface area contributed by atoms with Crippen LogP contribution in [0.1, 0.15) is 25.3 Å². The molecule has 0 unspecified atom stereocenters. The molecule has 0 saturated carbocycles. The average molecular weight is 443 g/mol. The first-order valence-electron chi connectivity index (χ1n) is 10.3. The van der Waals surface area contributed by atoms with Crippen LogP contribution in [-0.4, -0.2) is 47.0 Å². The molecule has 0 bridgehead atoms. The lowest BCUT2D eigenvalue weighted by molar-refractivity contribution is -0.128. The highest BCUT2D eigenvalue weighted by Gasteiger charge is 2.26. The molecule has 1 fully saturated rings. The van der Waals surface area contributed by atoms with Crippen molar-refractivity contribution in [3.8, 4) is 0 Å². The van der Waals surface area contributed by atoms with Gasteiger partial charge in [-0.2, -0.15) is 0 Å². The Labute approximate surface area is 187 Å². The number of benzene rings is 2. The zero-order chi connectivity index (χ0) is 22.2. The van der Waals surface area contributed by atoms with Gasteiger partial charge in [0.25, 0.3) is 0 Å². The van der Waals surface area contributed by atoms with E-state index in [4.69, 9.17) is 12.2 Å². The third-order valence-corrected chi connectivity index (χ3v) is 5.56. The maximum absolute atomic E-state index is 13.1. The monoisotopic (exact) mass is 442 g/mol. The van der Waals surface area contributed by atoms with Crippen LogP contribution in [0, 0.1) is 5.82 Å². The number of anilines is 1. The van der Waals surface area contributed by atoms with Gasteiger partial charge in [0.1, 0.15) is 11.9 Å². The SMILES string of the molecule is CC(=O)N[C@H](Cc1ccc(F)cc1)C(=O)NC1CCN(C(=S)Nc2ccccc2)CC1. The number of nitrogens with one attached hydrogen (secondary N) is 3. The summed E-state index contributed by atoms with van der Waals surface area (Å²) in [6.07, 6.45) is 1.81. The van der Waals surface area contributed by atoms with Crippen LogP contribution in [-0.2, 0) is 16.0 Å². The second-order valence-electron chi connectivity index (χ2n) is 7.65. The zero-order valence-electron chi connectivity index (χ0n) is 17.4. The molecule has 0 aromatic heterocycles. The average Bonchev–Trinajstić information content (AvgIpc) is 2.75. The van der Waals surface area contributed by atoms with Gasteiger partial charge in [-0.05, 0) is 54.9 Å². The van der Waals surface area contributed by atoms with Crippen LogP contribution in [0.4, 0.5) is 10.1 Å². The van der Waals surface area contributed by atoms with E-state index in [-0.39, 0.29) is 23.7 Å². The lowest BCUT2D eigenvalue weighted by Gasteiger charge is -2.34. The predicted molar refractivity (Wildman–Crippen MR) is 123 cm³/mol. The first-order chi connectivity index (χ1) is 14.9. The van der Waals surface area contributed by atoms with E-state index in [0.29, 0.717) is 11.5 Å². The number of halogens is 1. The molecule has 164 valence electrons. The third kappa shape index (κ3) is 7.03. The molecule has 1 saturated heterocycles. The second-order valence-corrected chi connectivity index (χ2v) is 8.04. The summed E-state index contributed by atoms with van der Waals surface area (Å²) in [6, 6.07) is 15.0. The van der Waals surface area contributed by atoms with Crippen LogP contribution in [0.25, 0.3) is 0 Å². The standard InChI is InChI=1S/C23H27FN4O2S/c1-16(29)25-21(15-17-7-9-18(24)10-8-17)22(30)26-20-11-13-28(14-12-20)23(31)27-19-5-3-2-4-6-19/h2-10,20-21H,11-15H2,1H3,(H,25,29)(H,26,30)(H,27,31)/t21-/m1/s1. The Morgan fingerprint density at radius 3 is 2.35 bits per heavy atom. The zero-order valence-corrected chi connectivity index (χ0v) is 18.3. The number of thiocarbonyl (C=S) groups is 1. The number of carbonyl (C=O) groups excluding carboxylic acids is 2. The molecule has 31 heavy (non-hydrogen) atoms. The summed E-state index contributed by atoms with van der Waals surface area (Å²) < 4.78 is 13.1. The smallest absolute Gasteiger partial charge is 0.243 e. The number of nitrogens with zero attached hydrogens (tertiary/aromatic N) is 1. The van der Waals surface area contributed by atoms with E-state index in [2.05, 4.69) is 20.9 Å². The van der Waals surface area contributed by atoms with E-state index in [9.17, 15) is 14.0 Å². The molecule has 3 rings (SSSR count). The van der Waals surface area contributed by atoms with Gasteiger partial charge in [0.05, 0.1) is 0 Å². The summed E-state index contributed by atoms with van der Waals surface area (Å²) >= 11 is 5.51. The van der Waals surface area contributed by atoms with Crippen LogP contribution < -0.4 is 16.0 Å². The minimum absolute atomic E-state index is 0.00718. The van der Waals surface area contributed by atoms with E-state index in [0.717, 1.165) is 37.2 Å². The normalized spacial score (nSPS) is 15.1. The number of amides is 2. The summed E-state index contributed by atoms with van der Waals surface area (Å²) in [7, 11) is 0. The molecular weight excluding hydrogens is 415 g/mol. The van der Waals surface area contributed by atoms with Gasteiger partial charge in [-0.25, -0.2) is 4.39 Å². The quantitative estimate of drug-likeness (QED) is 0.600. The fraction of sp³-hybridized carbons (Fsp3) is 0.348. The van der Waals surface area contributed by atoms with Crippen LogP contribution >= 0.6 is 12.2 Å². The van der Waals surface area contributed by atoms with Gasteiger partial charge in [0, 0.05) is 38.2 Å². The molecule has 0 aliphatic carbocycles. The molecule has 1 aliphatic rings. The van der Waals surface area contributed by atoms with Gasteiger partial charge in [-0.1, -0.05) is 30.3 Å². The third-order valence-electron chi connectivity index (χ3n) is 5.20. The lowest BCUT2D eigenvalue weighted by Crippen LogP contribution is -2.53. The van der Waals surface area contributed by atoms with Crippen molar-refractivity contribution in [3.05, 3.63) is 66.0 Å². The summed E-state index contributed by atoms with van der Waals surface area (Å²) in [5.41, 5.74) is 1.73. The van der Waals surface area contributed by atoms with E-state index in [1.807, 2.05) is 30.3 Å². The van der Waals surface area contributed by atoms with E-state index >= 15 is 0 Å². The fourth-order valence-electron chi connectivity index (χ4n) is 3.56. The van der Waals surface area contributed by atoms with Crippen molar-refractivity contribution in [2.75, 3.05) is 18.4 Å². The Bertz CT molecular complexity index is 900. The van der Waals surface area contributed by atoms with E-state index < -0.39 is 6.04 Å². The molecule has 8 heteroatoms. The second kappa shape index (κ2) is 10.9. The largest absolute Gasteiger partial charge is 0.351 e. The lowest BCUT2D eigenvalue weighted by atomic mass is 10.0. The number of para-hydroxylation sites is 1. The minimum Gasteiger partial charge on any atom is -0.351 e. The first-order valence-corrected chi connectivity index (χ1v) is 10.7. The Kier molecular flexibility index (Phi) is 7.94. The van der Waals surface area contributed by atoms with Gasteiger partial charge in [0.15, 0.2) is 5.11 Å². The number of piperidine rings is 1. The molecule has 1 atom stereocenters. The Balaban J connectivity index is 1.51. The van der Waals surface area contributed by atoms with Crippen LogP contribution in [0.2, 0.25) is 0 Å². The van der Waals surface area contributed by atoms with E-state index in [1.165, 1.54) is 19.1 Å². The topological polar surface area (TPSA) is 73.5 Å². The number of rotatable bonds is 6. The van der Waals surface area contributed by atoms with Crippen LogP contribution in [0.5, 0.6) is 0 Å². The van der Waals surface area contributed by atoms with Gasteiger partial charge in [-0.3, -0.25) is 9.59 Å². The molecule has 6 nitrogen and oxygen atoms in total. The van der Waals surface area contributed by atoms with Crippen molar-refractivity contribution in [2.24, 2.45) is 0 Å². The Morgan fingerprint density at radius 1 is 1.10 bits per heavy atom. The van der Waals surface area contributed by atoms with Crippen molar-refractivity contribution in [2.45, 2.75) is 38.3 Å². The van der Waals surface area contributed by atoms with Crippen molar-refractivity contribution in [1.29, 1.82) is 0 Å². The molecular formula is C23H27FN4O2S. The molecule has 1 aliphatic heterocycles. The minimum atomic E-state index is -0.707. The summed E-state index contributed by atoms with van der Waals surface area (Å²) in [5, 5.41) is 9.65.